The van der Waals surface area contributed by atoms with Crippen molar-refractivity contribution in [1.82, 2.24) is 20.1 Å². The number of rotatable bonds is 9. The number of hydrogen-bond acceptors (Lipinski definition) is 6. The molecule has 1 aromatic heterocycles. The SMILES string of the molecule is COC[C@H](C)NCc1nc(Cc2ccccc2)n(-c2ccc(S(N)(=O)=O)cc2F)n1. The van der Waals surface area contributed by atoms with E-state index < -0.39 is 15.8 Å². The first-order valence-electron chi connectivity index (χ1n) is 9.31. The number of methoxy groups -OCH3 is 1. The van der Waals surface area contributed by atoms with Crippen molar-refractivity contribution < 1.29 is 17.5 Å². The van der Waals surface area contributed by atoms with Gasteiger partial charge < -0.3 is 10.1 Å². The quantitative estimate of drug-likeness (QED) is 0.532. The number of benzene rings is 2. The topological polar surface area (TPSA) is 112 Å². The van der Waals surface area contributed by atoms with Crippen LogP contribution in [0.25, 0.3) is 5.69 Å². The summed E-state index contributed by atoms with van der Waals surface area (Å²) in [4.78, 5) is 4.26. The molecule has 1 atom stereocenters. The summed E-state index contributed by atoms with van der Waals surface area (Å²) in [5.74, 6) is 0.256. The molecular formula is C20H24FN5O3S. The van der Waals surface area contributed by atoms with E-state index in [-0.39, 0.29) is 16.6 Å². The molecule has 3 aromatic rings. The molecule has 0 amide bonds. The molecular weight excluding hydrogens is 409 g/mol. The van der Waals surface area contributed by atoms with Gasteiger partial charge in [-0.1, -0.05) is 30.3 Å². The Labute approximate surface area is 174 Å². The Hall–Kier alpha value is -2.66. The van der Waals surface area contributed by atoms with Gasteiger partial charge in [-0.05, 0) is 30.7 Å². The highest BCUT2D eigenvalue weighted by atomic mass is 32.2. The zero-order chi connectivity index (χ0) is 21.7. The molecule has 3 rings (SSSR count). The Morgan fingerprint density at radius 3 is 2.60 bits per heavy atom. The van der Waals surface area contributed by atoms with Crippen LogP contribution in [0.2, 0.25) is 0 Å². The molecule has 0 bridgehead atoms. The number of halogens is 1. The molecule has 0 radical (unpaired) electrons. The van der Waals surface area contributed by atoms with Crippen molar-refractivity contribution in [3.05, 3.63) is 71.6 Å². The smallest absolute Gasteiger partial charge is 0.238 e. The Balaban J connectivity index is 1.96. The molecule has 0 aliphatic carbocycles. The lowest BCUT2D eigenvalue weighted by atomic mass is 10.1. The molecule has 30 heavy (non-hydrogen) atoms. The van der Waals surface area contributed by atoms with E-state index in [2.05, 4.69) is 15.4 Å². The summed E-state index contributed by atoms with van der Waals surface area (Å²) >= 11 is 0. The van der Waals surface area contributed by atoms with Crippen molar-refractivity contribution in [3.8, 4) is 5.69 Å². The second-order valence-corrected chi connectivity index (χ2v) is 8.48. The van der Waals surface area contributed by atoms with Crippen LogP contribution in [0, 0.1) is 5.82 Å². The number of primary sulfonamides is 1. The minimum atomic E-state index is -4.01. The highest BCUT2D eigenvalue weighted by Gasteiger charge is 2.18. The lowest BCUT2D eigenvalue weighted by Gasteiger charge is -2.10. The molecule has 2 aromatic carbocycles. The molecule has 160 valence electrons. The first-order chi connectivity index (χ1) is 14.3. The van der Waals surface area contributed by atoms with E-state index in [0.29, 0.717) is 31.2 Å². The fraction of sp³-hybridized carbons (Fsp3) is 0.300. The third-order valence-electron chi connectivity index (χ3n) is 4.42. The lowest BCUT2D eigenvalue weighted by Crippen LogP contribution is -2.30. The maximum Gasteiger partial charge on any atom is 0.238 e. The van der Waals surface area contributed by atoms with Crippen LogP contribution < -0.4 is 10.5 Å². The first-order valence-corrected chi connectivity index (χ1v) is 10.9. The highest BCUT2D eigenvalue weighted by Crippen LogP contribution is 2.20. The Bertz CT molecular complexity index is 1100. The van der Waals surface area contributed by atoms with Gasteiger partial charge in [0.15, 0.2) is 5.82 Å². The minimum absolute atomic E-state index is 0.0882. The van der Waals surface area contributed by atoms with Crippen LogP contribution >= 0.6 is 0 Å². The van der Waals surface area contributed by atoms with Crippen molar-refractivity contribution in [2.45, 2.75) is 30.8 Å². The standard InChI is InChI=1S/C20H24FN5O3S/c1-14(13-29-2)23-12-19-24-20(10-15-6-4-3-5-7-15)26(25-19)18-9-8-16(11-17(18)21)30(22,27)28/h3-9,11,14,23H,10,12-13H2,1-2H3,(H2,22,27,28)/t14-/m0/s1. The van der Waals surface area contributed by atoms with E-state index in [4.69, 9.17) is 9.88 Å². The van der Waals surface area contributed by atoms with E-state index in [0.717, 1.165) is 11.6 Å². The number of aromatic nitrogens is 3. The monoisotopic (exact) mass is 433 g/mol. The first kappa shape index (κ1) is 22.0. The van der Waals surface area contributed by atoms with Gasteiger partial charge in [0.25, 0.3) is 0 Å². The Kier molecular flexibility index (Phi) is 6.93. The van der Waals surface area contributed by atoms with Crippen LogP contribution in [0.4, 0.5) is 4.39 Å². The molecule has 0 spiro atoms. The van der Waals surface area contributed by atoms with Gasteiger partial charge in [0.05, 0.1) is 18.0 Å². The molecule has 0 fully saturated rings. The number of nitrogens with zero attached hydrogens (tertiary/aromatic N) is 3. The van der Waals surface area contributed by atoms with Crippen molar-refractivity contribution in [2.24, 2.45) is 5.14 Å². The normalized spacial score (nSPS) is 12.8. The predicted octanol–water partition coefficient (Wildman–Crippen LogP) is 1.77. The van der Waals surface area contributed by atoms with Crippen molar-refractivity contribution >= 4 is 10.0 Å². The molecule has 0 saturated heterocycles. The van der Waals surface area contributed by atoms with Crippen LogP contribution in [0.15, 0.2) is 53.4 Å². The molecule has 1 heterocycles. The van der Waals surface area contributed by atoms with Crippen molar-refractivity contribution in [3.63, 3.8) is 0 Å². The van der Waals surface area contributed by atoms with E-state index in [1.54, 1.807) is 7.11 Å². The van der Waals surface area contributed by atoms with E-state index >= 15 is 0 Å². The summed E-state index contributed by atoms with van der Waals surface area (Å²) in [5, 5.41) is 12.8. The summed E-state index contributed by atoms with van der Waals surface area (Å²) in [6, 6.07) is 13.2. The van der Waals surface area contributed by atoms with E-state index in [1.165, 1.54) is 16.8 Å². The van der Waals surface area contributed by atoms with Crippen LogP contribution in [0.1, 0.15) is 24.1 Å². The van der Waals surface area contributed by atoms with Gasteiger partial charge in [0, 0.05) is 19.6 Å². The number of nitrogens with one attached hydrogen (secondary N) is 1. The van der Waals surface area contributed by atoms with Crippen LogP contribution in [-0.4, -0.2) is 42.9 Å². The Morgan fingerprint density at radius 1 is 1.23 bits per heavy atom. The third-order valence-corrected chi connectivity index (χ3v) is 5.34. The fourth-order valence-corrected chi connectivity index (χ4v) is 3.49. The molecule has 0 unspecified atom stereocenters. The van der Waals surface area contributed by atoms with E-state index in [9.17, 15) is 12.8 Å². The van der Waals surface area contributed by atoms with Gasteiger partial charge in [0.1, 0.15) is 17.3 Å². The zero-order valence-electron chi connectivity index (χ0n) is 16.7. The summed E-state index contributed by atoms with van der Waals surface area (Å²) in [7, 11) is -2.39. The van der Waals surface area contributed by atoms with Gasteiger partial charge in [-0.3, -0.25) is 0 Å². The van der Waals surface area contributed by atoms with Gasteiger partial charge in [-0.2, -0.15) is 0 Å². The Morgan fingerprint density at radius 2 is 1.97 bits per heavy atom. The number of hydrogen-bond donors (Lipinski definition) is 2. The molecule has 8 nitrogen and oxygen atoms in total. The number of nitrogens with two attached hydrogens (primary N) is 1. The maximum absolute atomic E-state index is 14.8. The van der Waals surface area contributed by atoms with Crippen molar-refractivity contribution in [2.75, 3.05) is 13.7 Å². The summed E-state index contributed by atoms with van der Waals surface area (Å²) in [5.41, 5.74) is 1.08. The molecule has 0 saturated carbocycles. The van der Waals surface area contributed by atoms with Gasteiger partial charge in [-0.25, -0.2) is 27.6 Å². The second-order valence-electron chi connectivity index (χ2n) is 6.91. The lowest BCUT2D eigenvalue weighted by molar-refractivity contribution is 0.171. The van der Waals surface area contributed by atoms with Crippen LogP contribution in [0.3, 0.4) is 0 Å². The number of ether oxygens (including phenoxy) is 1. The predicted molar refractivity (Wildman–Crippen MR) is 110 cm³/mol. The minimum Gasteiger partial charge on any atom is -0.383 e. The molecule has 3 N–H and O–H groups in total. The van der Waals surface area contributed by atoms with Crippen LogP contribution in [0.5, 0.6) is 0 Å². The summed E-state index contributed by atoms with van der Waals surface area (Å²) in [6.07, 6.45) is 0.428. The van der Waals surface area contributed by atoms with Crippen molar-refractivity contribution in [1.29, 1.82) is 0 Å². The van der Waals surface area contributed by atoms with Gasteiger partial charge in [-0.15, -0.1) is 5.10 Å². The van der Waals surface area contributed by atoms with Crippen LogP contribution in [-0.2, 0) is 27.7 Å². The highest BCUT2D eigenvalue weighted by molar-refractivity contribution is 7.89. The average Bonchev–Trinajstić information content (AvgIpc) is 3.09. The largest absolute Gasteiger partial charge is 0.383 e. The zero-order valence-corrected chi connectivity index (χ0v) is 17.6. The summed E-state index contributed by atoms with van der Waals surface area (Å²) < 4.78 is 44.3. The van der Waals surface area contributed by atoms with E-state index in [1.807, 2.05) is 37.3 Å². The van der Waals surface area contributed by atoms with Gasteiger partial charge in [0.2, 0.25) is 10.0 Å². The second kappa shape index (κ2) is 9.43. The average molecular weight is 434 g/mol. The molecule has 0 aliphatic rings. The van der Waals surface area contributed by atoms with Gasteiger partial charge >= 0.3 is 0 Å². The molecule has 0 aliphatic heterocycles. The maximum atomic E-state index is 14.8. The fourth-order valence-electron chi connectivity index (χ4n) is 2.96. The number of sulfonamides is 1. The molecule has 10 heteroatoms. The summed E-state index contributed by atoms with van der Waals surface area (Å²) in [6.45, 7) is 2.87. The third kappa shape index (κ3) is 5.48.